The van der Waals surface area contributed by atoms with Gasteiger partial charge >= 0.3 is 0 Å². The van der Waals surface area contributed by atoms with Crippen LogP contribution in [-0.4, -0.2) is 92.4 Å². The highest BCUT2D eigenvalue weighted by atomic mass is 16.6. The van der Waals surface area contributed by atoms with E-state index in [-0.39, 0.29) is 12.3 Å². The lowest BCUT2D eigenvalue weighted by atomic mass is 9.95. The van der Waals surface area contributed by atoms with Gasteiger partial charge in [-0.2, -0.15) is 0 Å². The van der Waals surface area contributed by atoms with Gasteiger partial charge < -0.3 is 41.0 Å². The maximum atomic E-state index is 12.3. The van der Waals surface area contributed by atoms with Crippen LogP contribution in [0.15, 0.2) is 0 Å². The largest absolute Gasteiger partial charge is 0.394 e. The second-order valence-corrected chi connectivity index (χ2v) is 5.92. The smallest absolute Gasteiger partial charge is 0.237 e. The van der Waals surface area contributed by atoms with Crippen molar-refractivity contribution >= 4 is 17.7 Å². The molecule has 1 aliphatic rings. The predicted molar refractivity (Wildman–Crippen MR) is 89.8 cm³/mol. The van der Waals surface area contributed by atoms with Crippen LogP contribution in [0, 0.1) is 0 Å². The van der Waals surface area contributed by atoms with E-state index in [2.05, 4.69) is 21.3 Å². The number of methoxy groups -OCH3 is 1. The van der Waals surface area contributed by atoms with Crippen molar-refractivity contribution in [3.05, 3.63) is 0 Å². The fraction of sp³-hybridized carbons (Fsp3) is 0.800. The maximum Gasteiger partial charge on any atom is 0.237 e. The monoisotopic (exact) mass is 376 g/mol. The lowest BCUT2D eigenvalue weighted by Gasteiger charge is -2.44. The summed E-state index contributed by atoms with van der Waals surface area (Å²) in [4.78, 5) is 35.4. The minimum Gasteiger partial charge on any atom is -0.394 e. The van der Waals surface area contributed by atoms with Crippen LogP contribution in [0.1, 0.15) is 13.3 Å². The first-order valence-electron chi connectivity index (χ1n) is 8.21. The molecule has 6 atom stereocenters. The van der Waals surface area contributed by atoms with Crippen LogP contribution in [-0.2, 0) is 23.9 Å². The first kappa shape index (κ1) is 22.3. The van der Waals surface area contributed by atoms with E-state index < -0.39 is 55.0 Å². The summed E-state index contributed by atoms with van der Waals surface area (Å²) in [5.41, 5.74) is 0. The Hall–Kier alpha value is -1.79. The molecule has 0 aromatic rings. The van der Waals surface area contributed by atoms with Crippen LogP contribution in [0.25, 0.3) is 0 Å². The van der Waals surface area contributed by atoms with Crippen molar-refractivity contribution in [2.24, 2.45) is 0 Å². The topological polar surface area (TPSA) is 158 Å². The molecule has 0 radical (unpaired) electrons. The van der Waals surface area contributed by atoms with Crippen LogP contribution in [0.4, 0.5) is 0 Å². The first-order chi connectivity index (χ1) is 12.3. The number of ether oxygens (including phenoxy) is 2. The zero-order chi connectivity index (χ0) is 19.9. The van der Waals surface area contributed by atoms with Gasteiger partial charge in [0.1, 0.15) is 24.4 Å². The molecule has 0 aromatic carbocycles. The minimum absolute atomic E-state index is 0.184. The average Bonchev–Trinajstić information content (AvgIpc) is 2.61. The molecule has 0 saturated carbocycles. The molecule has 1 rings (SSSR count). The SMILES string of the molecule is CNC(=O)[C@H](CC(=O)N[C@@H]1OC(CO)[C@@H](OC)C(O)C1NC(C)=O)NC. The number of nitrogens with one attached hydrogen (secondary N) is 4. The summed E-state index contributed by atoms with van der Waals surface area (Å²) >= 11 is 0. The van der Waals surface area contributed by atoms with Crippen molar-refractivity contribution in [1.82, 2.24) is 21.3 Å². The van der Waals surface area contributed by atoms with Gasteiger partial charge in [-0.05, 0) is 7.05 Å². The van der Waals surface area contributed by atoms with Crippen molar-refractivity contribution in [3.63, 3.8) is 0 Å². The summed E-state index contributed by atoms with van der Waals surface area (Å²) in [5.74, 6) is -1.33. The van der Waals surface area contributed by atoms with E-state index >= 15 is 0 Å². The minimum atomic E-state index is -1.22. The molecule has 11 nitrogen and oxygen atoms in total. The van der Waals surface area contributed by atoms with E-state index in [1.807, 2.05) is 0 Å². The second-order valence-electron chi connectivity index (χ2n) is 5.92. The average molecular weight is 376 g/mol. The molecule has 6 N–H and O–H groups in total. The van der Waals surface area contributed by atoms with Crippen LogP contribution in [0.5, 0.6) is 0 Å². The van der Waals surface area contributed by atoms with Gasteiger partial charge in [0, 0.05) is 21.1 Å². The molecule has 0 aliphatic carbocycles. The summed E-state index contributed by atoms with van der Waals surface area (Å²) < 4.78 is 10.7. The van der Waals surface area contributed by atoms with Crippen molar-refractivity contribution in [2.75, 3.05) is 27.8 Å². The molecule has 26 heavy (non-hydrogen) atoms. The van der Waals surface area contributed by atoms with Gasteiger partial charge in [-0.25, -0.2) is 0 Å². The predicted octanol–water partition coefficient (Wildman–Crippen LogP) is -3.58. The Morgan fingerprint density at radius 3 is 2.35 bits per heavy atom. The Morgan fingerprint density at radius 1 is 1.23 bits per heavy atom. The molecule has 150 valence electrons. The van der Waals surface area contributed by atoms with Crippen molar-refractivity contribution in [3.8, 4) is 0 Å². The Bertz CT molecular complexity index is 504. The molecular formula is C15H28N4O7. The molecule has 3 amide bonds. The first-order valence-corrected chi connectivity index (χ1v) is 8.21. The van der Waals surface area contributed by atoms with E-state index in [9.17, 15) is 24.6 Å². The van der Waals surface area contributed by atoms with Gasteiger partial charge in [-0.15, -0.1) is 0 Å². The van der Waals surface area contributed by atoms with E-state index in [0.717, 1.165) is 0 Å². The van der Waals surface area contributed by atoms with Crippen LogP contribution < -0.4 is 21.3 Å². The number of carbonyl (C=O) groups excluding carboxylic acids is 3. The fourth-order valence-corrected chi connectivity index (χ4v) is 2.81. The quantitative estimate of drug-likeness (QED) is 0.254. The van der Waals surface area contributed by atoms with Gasteiger partial charge in [-0.3, -0.25) is 14.4 Å². The van der Waals surface area contributed by atoms with E-state index in [0.29, 0.717) is 0 Å². The maximum absolute atomic E-state index is 12.3. The highest BCUT2D eigenvalue weighted by Gasteiger charge is 2.46. The molecule has 1 aliphatic heterocycles. The van der Waals surface area contributed by atoms with Crippen molar-refractivity contribution in [1.29, 1.82) is 0 Å². The number of aliphatic hydroxyl groups excluding tert-OH is 2. The fourth-order valence-electron chi connectivity index (χ4n) is 2.81. The third kappa shape index (κ3) is 5.61. The normalized spacial score (nSPS) is 29.5. The number of carbonyl (C=O) groups is 3. The second kappa shape index (κ2) is 10.4. The van der Waals surface area contributed by atoms with E-state index in [1.165, 1.54) is 21.1 Å². The number of hydrogen-bond donors (Lipinski definition) is 6. The number of aliphatic hydroxyl groups is 2. The zero-order valence-corrected chi connectivity index (χ0v) is 15.3. The molecular weight excluding hydrogens is 348 g/mol. The Labute approximate surface area is 151 Å². The summed E-state index contributed by atoms with van der Waals surface area (Å²) in [6.07, 6.45) is -4.30. The highest BCUT2D eigenvalue weighted by Crippen LogP contribution is 2.22. The Kier molecular flexibility index (Phi) is 8.88. The van der Waals surface area contributed by atoms with Gasteiger partial charge in [0.05, 0.1) is 19.1 Å². The van der Waals surface area contributed by atoms with Crippen molar-refractivity contribution in [2.45, 2.75) is 50.0 Å². The van der Waals surface area contributed by atoms with Crippen molar-refractivity contribution < 1.29 is 34.1 Å². The number of hydrogen-bond acceptors (Lipinski definition) is 8. The lowest BCUT2D eigenvalue weighted by Crippen LogP contribution is -2.68. The third-order valence-corrected chi connectivity index (χ3v) is 4.14. The molecule has 0 aromatic heterocycles. The Balaban J connectivity index is 2.89. The Morgan fingerprint density at radius 2 is 1.88 bits per heavy atom. The highest BCUT2D eigenvalue weighted by molar-refractivity contribution is 5.88. The standard InChI is InChI=1S/C15H28N4O7/c1-7(21)18-11-12(23)13(25-4)9(6-20)26-15(11)19-10(22)5-8(16-2)14(24)17-3/h8-9,11-13,15-16,20,23H,5-6H2,1-4H3,(H,17,24)(H,18,21)(H,19,22)/t8-,9?,11?,12?,13+,15+/m0/s1. The summed E-state index contributed by atoms with van der Waals surface area (Å²) in [5, 5.41) is 30.1. The molecule has 1 fully saturated rings. The van der Waals surface area contributed by atoms with Crippen LogP contribution >= 0.6 is 0 Å². The van der Waals surface area contributed by atoms with Gasteiger partial charge in [0.25, 0.3) is 0 Å². The molecule has 3 unspecified atom stereocenters. The van der Waals surface area contributed by atoms with Gasteiger partial charge in [-0.1, -0.05) is 0 Å². The third-order valence-electron chi connectivity index (χ3n) is 4.14. The molecule has 11 heteroatoms. The lowest BCUT2D eigenvalue weighted by molar-refractivity contribution is -0.210. The summed E-state index contributed by atoms with van der Waals surface area (Å²) in [6, 6.07) is -1.75. The number of rotatable bonds is 8. The summed E-state index contributed by atoms with van der Waals surface area (Å²) in [7, 11) is 4.33. The molecule has 1 saturated heterocycles. The molecule has 1 heterocycles. The van der Waals surface area contributed by atoms with E-state index in [1.54, 1.807) is 7.05 Å². The number of likely N-dealkylation sites (N-methyl/N-ethyl adjacent to an activating group) is 2. The number of amides is 3. The van der Waals surface area contributed by atoms with Gasteiger partial charge in [0.15, 0.2) is 6.23 Å². The van der Waals surface area contributed by atoms with Gasteiger partial charge in [0.2, 0.25) is 17.7 Å². The van der Waals surface area contributed by atoms with E-state index in [4.69, 9.17) is 9.47 Å². The zero-order valence-electron chi connectivity index (χ0n) is 15.3. The molecule has 0 spiro atoms. The molecule has 0 bridgehead atoms. The van der Waals surface area contributed by atoms with Crippen LogP contribution in [0.3, 0.4) is 0 Å². The summed E-state index contributed by atoms with van der Waals surface area (Å²) in [6.45, 7) is 0.806. The van der Waals surface area contributed by atoms with Crippen LogP contribution in [0.2, 0.25) is 0 Å².